The highest BCUT2D eigenvalue weighted by Crippen LogP contribution is 2.44. The third kappa shape index (κ3) is 6.00. The molecule has 0 radical (unpaired) electrons. The normalized spacial score (nSPS) is 16.1. The summed E-state index contributed by atoms with van der Waals surface area (Å²) in [6.07, 6.45) is 10.1. The van der Waals surface area contributed by atoms with Crippen molar-refractivity contribution in [1.82, 2.24) is 0 Å². The third-order valence-electron chi connectivity index (χ3n) is 9.49. The van der Waals surface area contributed by atoms with Crippen LogP contribution >= 0.6 is 0 Å². The number of hydrogen-bond acceptors (Lipinski definition) is 4. The third-order valence-corrected chi connectivity index (χ3v) is 9.49. The van der Waals surface area contributed by atoms with Gasteiger partial charge in [0.15, 0.2) is 5.71 Å². The smallest absolute Gasteiger partial charge is 0.209 e. The molecule has 5 nitrogen and oxygen atoms in total. The van der Waals surface area contributed by atoms with Crippen LogP contribution in [0.15, 0.2) is 120 Å². The summed E-state index contributed by atoms with van der Waals surface area (Å²) in [5, 5.41) is 0. The molecular weight excluding hydrogens is 695 g/mol. The van der Waals surface area contributed by atoms with Crippen LogP contribution in [0.25, 0.3) is 6.08 Å². The number of methoxy groups -OCH3 is 2. The first-order chi connectivity index (χ1) is 22.4. The first-order valence-electron chi connectivity index (χ1n) is 16.2. The van der Waals surface area contributed by atoms with Gasteiger partial charge in [0.1, 0.15) is 29.6 Å². The van der Waals surface area contributed by atoms with E-state index in [-0.39, 0.29) is 29.4 Å². The lowest BCUT2D eigenvalue weighted by atomic mass is 9.81. The minimum Gasteiger partial charge on any atom is -1.00 e. The van der Waals surface area contributed by atoms with Crippen molar-refractivity contribution in [1.29, 1.82) is 0 Å². The van der Waals surface area contributed by atoms with Gasteiger partial charge in [-0.1, -0.05) is 18.2 Å². The summed E-state index contributed by atoms with van der Waals surface area (Å²) in [5.41, 5.74) is 10.7. The molecule has 0 amide bonds. The van der Waals surface area contributed by atoms with Gasteiger partial charge in [-0.05, 0) is 124 Å². The van der Waals surface area contributed by atoms with Crippen molar-refractivity contribution in [3.63, 3.8) is 0 Å². The van der Waals surface area contributed by atoms with Crippen LogP contribution in [-0.4, -0.2) is 31.1 Å². The van der Waals surface area contributed by atoms with Gasteiger partial charge in [-0.2, -0.15) is 4.58 Å². The van der Waals surface area contributed by atoms with Gasteiger partial charge in [-0.3, -0.25) is 0 Å². The Morgan fingerprint density at radius 1 is 0.809 bits per heavy atom. The highest BCUT2D eigenvalue weighted by atomic mass is 127. The molecule has 0 N–H and O–H groups in total. The Morgan fingerprint density at radius 2 is 1.45 bits per heavy atom. The molecular formula is C41H41IN2O3. The molecule has 1 aliphatic carbocycles. The molecule has 2 aliphatic heterocycles. The van der Waals surface area contributed by atoms with Gasteiger partial charge < -0.3 is 43.1 Å². The molecule has 0 saturated carbocycles. The minimum atomic E-state index is -0.0665. The predicted octanol–water partition coefficient (Wildman–Crippen LogP) is 7.04. The van der Waals surface area contributed by atoms with Crippen LogP contribution in [0.4, 0.5) is 22.7 Å². The van der Waals surface area contributed by atoms with E-state index in [0.717, 1.165) is 71.4 Å². The molecule has 0 aromatic heterocycles. The van der Waals surface area contributed by atoms with Crippen molar-refractivity contribution in [2.45, 2.75) is 45.4 Å². The lowest BCUT2D eigenvalue weighted by Gasteiger charge is -2.29. The van der Waals surface area contributed by atoms with Crippen LogP contribution in [0.2, 0.25) is 0 Å². The lowest BCUT2D eigenvalue weighted by Crippen LogP contribution is -3.00. The Hall–Kier alpha value is -4.30. The first-order valence-corrected chi connectivity index (χ1v) is 16.2. The molecule has 240 valence electrons. The Labute approximate surface area is 295 Å². The second kappa shape index (κ2) is 13.4. The molecule has 4 aromatic carbocycles. The first kappa shape index (κ1) is 32.6. The number of nitrogens with zero attached hydrogens (tertiary/aromatic N) is 2. The van der Waals surface area contributed by atoms with E-state index in [9.17, 15) is 0 Å². The predicted molar refractivity (Wildman–Crippen MR) is 188 cm³/mol. The minimum absolute atomic E-state index is 0. The number of rotatable bonds is 8. The molecule has 2 heterocycles. The van der Waals surface area contributed by atoms with E-state index in [1.807, 2.05) is 24.3 Å². The zero-order chi connectivity index (χ0) is 31.8. The molecule has 4 aromatic rings. The summed E-state index contributed by atoms with van der Waals surface area (Å²) in [7, 11) is 3.38. The summed E-state index contributed by atoms with van der Waals surface area (Å²) in [5.74, 6) is 3.51. The summed E-state index contributed by atoms with van der Waals surface area (Å²) in [6, 6.07) is 31.6. The van der Waals surface area contributed by atoms with Crippen LogP contribution in [0, 0.1) is 0 Å². The summed E-state index contributed by atoms with van der Waals surface area (Å²) >= 11 is 0. The summed E-state index contributed by atoms with van der Waals surface area (Å²) < 4.78 is 20.2. The van der Waals surface area contributed by atoms with Crippen molar-refractivity contribution in [3.05, 3.63) is 131 Å². The van der Waals surface area contributed by atoms with Crippen LogP contribution in [0.1, 0.15) is 51.2 Å². The maximum Gasteiger partial charge on any atom is 0.209 e. The van der Waals surface area contributed by atoms with Crippen molar-refractivity contribution >= 4 is 34.5 Å². The number of allylic oxidation sites excluding steroid dienone is 4. The molecule has 0 bridgehead atoms. The van der Waals surface area contributed by atoms with Gasteiger partial charge >= 0.3 is 0 Å². The van der Waals surface area contributed by atoms with Crippen LogP contribution < -0.4 is 43.1 Å². The van der Waals surface area contributed by atoms with Gasteiger partial charge in [0.05, 0.1) is 19.6 Å². The number of benzene rings is 4. The fourth-order valence-corrected chi connectivity index (χ4v) is 7.07. The average molecular weight is 737 g/mol. The fourth-order valence-electron chi connectivity index (χ4n) is 7.07. The second-order valence-electron chi connectivity index (χ2n) is 12.5. The maximum atomic E-state index is 6.84. The summed E-state index contributed by atoms with van der Waals surface area (Å²) in [4.78, 5) is 2.23. The van der Waals surface area contributed by atoms with Gasteiger partial charge in [0.25, 0.3) is 0 Å². The Morgan fingerprint density at radius 3 is 2.09 bits per heavy atom. The molecule has 3 aliphatic rings. The fraction of sp³-hybridized carbons (Fsp3) is 0.244. The molecule has 0 unspecified atom stereocenters. The van der Waals surface area contributed by atoms with E-state index in [1.165, 1.54) is 28.1 Å². The average Bonchev–Trinajstić information content (AvgIpc) is 3.32. The van der Waals surface area contributed by atoms with E-state index in [4.69, 9.17) is 14.2 Å². The van der Waals surface area contributed by atoms with Crippen molar-refractivity contribution < 1.29 is 42.8 Å². The van der Waals surface area contributed by atoms with E-state index in [0.29, 0.717) is 0 Å². The molecule has 7 rings (SSSR count). The standard InChI is InChI=1S/C41H41N2O3.HI/c1-6-42-37-13-8-7-12-36(37)41(2,3)39(42)25-15-28-10-9-11-30-26-29-14-16-33(27-38(29)46-40(28)30)43(31-17-21-34(44-4)22-18-31)32-19-23-35(45-5)24-20-32;/h7-8,12-27H,6,9-11H2,1-5H3;1H/q+1;/p-1. The quantitative estimate of drug-likeness (QED) is 0.144. The number of anilines is 3. The van der Waals surface area contributed by atoms with Gasteiger partial charge in [-0.25, -0.2) is 0 Å². The molecule has 0 saturated heterocycles. The van der Waals surface area contributed by atoms with Gasteiger partial charge in [0, 0.05) is 46.4 Å². The van der Waals surface area contributed by atoms with E-state index in [1.54, 1.807) is 14.2 Å². The largest absolute Gasteiger partial charge is 1.00 e. The Kier molecular flexibility index (Phi) is 9.33. The van der Waals surface area contributed by atoms with E-state index in [2.05, 4.69) is 115 Å². The zero-order valence-corrected chi connectivity index (χ0v) is 29.9. The second-order valence-corrected chi connectivity index (χ2v) is 12.5. The van der Waals surface area contributed by atoms with Crippen molar-refractivity contribution in [2.24, 2.45) is 0 Å². The highest BCUT2D eigenvalue weighted by Gasteiger charge is 2.43. The maximum absolute atomic E-state index is 6.84. The number of halogens is 1. The Balaban J connectivity index is 0.00000386. The molecule has 0 atom stereocenters. The van der Waals surface area contributed by atoms with Gasteiger partial charge in [0.2, 0.25) is 5.69 Å². The highest BCUT2D eigenvalue weighted by molar-refractivity contribution is 6.03. The SMILES string of the molecule is CC[N+]1=C(/C=C/C2=C3Oc4cc(N(c5ccc(OC)cc5)c5ccc(OC)cc5)ccc4C=C3CCC2)C(C)(C)c2ccccc21.[I-]. The van der Waals surface area contributed by atoms with Crippen LogP contribution in [-0.2, 0) is 5.41 Å². The number of para-hydroxylation sites is 1. The summed E-state index contributed by atoms with van der Waals surface area (Å²) in [6.45, 7) is 7.83. The van der Waals surface area contributed by atoms with Crippen molar-refractivity contribution in [3.8, 4) is 17.2 Å². The van der Waals surface area contributed by atoms with Gasteiger partial charge in [-0.15, -0.1) is 0 Å². The topological polar surface area (TPSA) is 33.9 Å². The van der Waals surface area contributed by atoms with Crippen LogP contribution in [0.5, 0.6) is 17.2 Å². The number of hydrogen-bond donors (Lipinski definition) is 0. The number of fused-ring (bicyclic) bond motifs is 3. The monoisotopic (exact) mass is 736 g/mol. The van der Waals surface area contributed by atoms with E-state index < -0.39 is 0 Å². The van der Waals surface area contributed by atoms with Crippen LogP contribution in [0.3, 0.4) is 0 Å². The van der Waals surface area contributed by atoms with Crippen molar-refractivity contribution in [2.75, 3.05) is 25.7 Å². The number of ether oxygens (including phenoxy) is 3. The lowest BCUT2D eigenvalue weighted by molar-refractivity contribution is -0.433. The zero-order valence-electron chi connectivity index (χ0n) is 27.7. The molecule has 47 heavy (non-hydrogen) atoms. The molecule has 0 spiro atoms. The Bertz CT molecular complexity index is 1870. The van der Waals surface area contributed by atoms with E-state index >= 15 is 0 Å². The molecule has 6 heteroatoms. The molecule has 0 fully saturated rings.